The number of para-hydroxylation sites is 1. The number of benzene rings is 1. The number of ether oxygens (including phenoxy) is 1. The molecule has 2 fully saturated rings. The number of urea groups is 1. The van der Waals surface area contributed by atoms with Crippen LogP contribution in [-0.4, -0.2) is 90.0 Å². The summed E-state index contributed by atoms with van der Waals surface area (Å²) in [6.45, 7) is 10.8. The van der Waals surface area contributed by atoms with Gasteiger partial charge in [0.2, 0.25) is 0 Å². The molecule has 1 aromatic carbocycles. The number of nitrogens with one attached hydrogen (secondary N) is 1. The van der Waals surface area contributed by atoms with E-state index < -0.39 is 22.7 Å². The molecule has 0 aliphatic carbocycles. The van der Waals surface area contributed by atoms with Crippen molar-refractivity contribution in [3.63, 3.8) is 0 Å². The Morgan fingerprint density at radius 1 is 1.12 bits per heavy atom. The third kappa shape index (κ3) is 4.85. The van der Waals surface area contributed by atoms with Gasteiger partial charge in [0.15, 0.2) is 17.2 Å². The van der Waals surface area contributed by atoms with Gasteiger partial charge in [0.25, 0.3) is 0 Å². The van der Waals surface area contributed by atoms with Gasteiger partial charge in [-0.15, -0.1) is 10.2 Å². The van der Waals surface area contributed by atoms with Crippen LogP contribution >= 0.6 is 0 Å². The summed E-state index contributed by atoms with van der Waals surface area (Å²) in [6.07, 6.45) is 2.80. The van der Waals surface area contributed by atoms with Crippen LogP contribution in [0.1, 0.15) is 58.7 Å². The first-order valence-electron chi connectivity index (χ1n) is 14.3. The lowest BCUT2D eigenvalue weighted by atomic mass is 9.96. The second-order valence-corrected chi connectivity index (χ2v) is 13.1. The number of H-pyrrole nitrogens is 1. The Morgan fingerprint density at radius 2 is 1.85 bits per heavy atom. The molecular formula is C30H37FN6O4. The zero-order chi connectivity index (χ0) is 29.3. The van der Waals surface area contributed by atoms with Gasteiger partial charge in [-0.25, -0.2) is 14.0 Å². The number of hydrogen-bond donors (Lipinski definition) is 2. The molecule has 11 heteroatoms. The Bertz CT molecular complexity index is 1530. The number of fused-ring (bicyclic) bond motifs is 5. The van der Waals surface area contributed by atoms with Gasteiger partial charge in [-0.2, -0.15) is 0 Å². The Balaban J connectivity index is 1.25. The van der Waals surface area contributed by atoms with Crippen molar-refractivity contribution >= 4 is 23.2 Å². The fourth-order valence-corrected chi connectivity index (χ4v) is 6.63. The van der Waals surface area contributed by atoms with E-state index in [1.165, 1.54) is 12.1 Å². The number of phenols is 1. The maximum atomic E-state index is 14.2. The van der Waals surface area contributed by atoms with Crippen LogP contribution in [0.2, 0.25) is 0 Å². The normalized spacial score (nSPS) is 22.0. The molecule has 2 bridgehead atoms. The van der Waals surface area contributed by atoms with Gasteiger partial charge >= 0.3 is 12.1 Å². The lowest BCUT2D eigenvalue weighted by Gasteiger charge is -2.49. The first kappa shape index (κ1) is 27.3. The summed E-state index contributed by atoms with van der Waals surface area (Å²) in [5.74, 6) is -1.16. The topological polar surface area (TPSA) is 115 Å². The van der Waals surface area contributed by atoms with Crippen LogP contribution in [0, 0.1) is 5.82 Å². The quantitative estimate of drug-likeness (QED) is 0.437. The smallest absolute Gasteiger partial charge is 0.410 e. The zero-order valence-corrected chi connectivity index (χ0v) is 24.2. The summed E-state index contributed by atoms with van der Waals surface area (Å²) in [5, 5.41) is 19.7. The Morgan fingerprint density at radius 3 is 2.56 bits per heavy atom. The van der Waals surface area contributed by atoms with E-state index >= 15 is 0 Å². The average Bonchev–Trinajstić information content (AvgIpc) is 3.38. The van der Waals surface area contributed by atoms with Crippen molar-refractivity contribution in [2.75, 3.05) is 19.6 Å². The minimum absolute atomic E-state index is 0.00552. The monoisotopic (exact) mass is 564 g/mol. The van der Waals surface area contributed by atoms with Gasteiger partial charge in [0.05, 0.1) is 11.2 Å². The number of hydrogen-bond acceptors (Lipinski definition) is 6. The first-order valence-corrected chi connectivity index (χ1v) is 14.3. The summed E-state index contributed by atoms with van der Waals surface area (Å²) in [5.41, 5.74) is 2.31. The number of aromatic hydroxyl groups is 1. The molecule has 2 atom stereocenters. The van der Waals surface area contributed by atoms with Crippen LogP contribution in [0.5, 0.6) is 5.75 Å². The van der Waals surface area contributed by atoms with Crippen LogP contribution in [0.4, 0.5) is 14.0 Å². The standard InChI is InChI=1S/C30H37FN6O4/c1-29(2,3)41-28(40)35-11-12-36(30(4,5)16-35)27(39)37-17-9-10-18(37)14-23-20(13-17)21-15-24(33-34-26(21)32-23)19-7-6-8-22(31)25(19)38/h6-8,15,17-18,38H,9-14,16H2,1-5H3,(H,32,34). The number of aromatic nitrogens is 3. The maximum absolute atomic E-state index is 14.2. The zero-order valence-electron chi connectivity index (χ0n) is 24.2. The Kier molecular flexibility index (Phi) is 6.39. The predicted molar refractivity (Wildman–Crippen MR) is 151 cm³/mol. The molecule has 3 aliphatic rings. The summed E-state index contributed by atoms with van der Waals surface area (Å²) in [6, 6.07) is 6.26. The SMILES string of the molecule is CC(C)(C)OC(=O)N1CCN(C(=O)N2C3CCC2Cc2c([nH]c4nnc(-c5cccc(F)c5O)cc24)C3)C(C)(C)C1. The third-order valence-corrected chi connectivity index (χ3v) is 8.52. The van der Waals surface area contributed by atoms with Gasteiger partial charge in [0.1, 0.15) is 5.60 Å². The van der Waals surface area contributed by atoms with Gasteiger partial charge in [-0.3, -0.25) is 0 Å². The predicted octanol–water partition coefficient (Wildman–Crippen LogP) is 4.85. The Labute approximate surface area is 238 Å². The van der Waals surface area contributed by atoms with Gasteiger partial charge in [-0.1, -0.05) is 6.07 Å². The average molecular weight is 565 g/mol. The minimum Gasteiger partial charge on any atom is -0.504 e. The molecule has 2 saturated heterocycles. The van der Waals surface area contributed by atoms with Crippen LogP contribution in [0.3, 0.4) is 0 Å². The molecule has 5 heterocycles. The van der Waals surface area contributed by atoms with E-state index in [0.29, 0.717) is 43.8 Å². The van der Waals surface area contributed by atoms with E-state index in [9.17, 15) is 19.1 Å². The number of carbonyl (C=O) groups is 2. The van der Waals surface area contributed by atoms with Crippen molar-refractivity contribution in [1.82, 2.24) is 29.9 Å². The number of halogens is 1. The molecule has 41 heavy (non-hydrogen) atoms. The second kappa shape index (κ2) is 9.60. The maximum Gasteiger partial charge on any atom is 0.410 e. The summed E-state index contributed by atoms with van der Waals surface area (Å²) < 4.78 is 19.6. The number of nitrogens with zero attached hydrogens (tertiary/aromatic N) is 5. The van der Waals surface area contributed by atoms with Crippen molar-refractivity contribution in [2.45, 2.75) is 83.5 Å². The summed E-state index contributed by atoms with van der Waals surface area (Å²) >= 11 is 0. The van der Waals surface area contributed by atoms with Gasteiger partial charge in [0, 0.05) is 54.8 Å². The number of piperazine rings is 1. The van der Waals surface area contributed by atoms with Crippen molar-refractivity contribution in [2.24, 2.45) is 0 Å². The van der Waals surface area contributed by atoms with E-state index in [2.05, 4.69) is 20.1 Å². The Hall–Kier alpha value is -3.89. The molecule has 3 amide bonds. The number of rotatable bonds is 1. The van der Waals surface area contributed by atoms with Crippen molar-refractivity contribution < 1.29 is 23.8 Å². The molecule has 218 valence electrons. The highest BCUT2D eigenvalue weighted by Gasteiger charge is 2.47. The molecule has 3 aliphatic heterocycles. The fourth-order valence-electron chi connectivity index (χ4n) is 6.63. The minimum atomic E-state index is -0.710. The second-order valence-electron chi connectivity index (χ2n) is 13.1. The summed E-state index contributed by atoms with van der Waals surface area (Å²) in [7, 11) is 0. The number of carbonyl (C=O) groups excluding carboxylic acids is 2. The lowest BCUT2D eigenvalue weighted by Crippen LogP contribution is -2.65. The van der Waals surface area contributed by atoms with Crippen LogP contribution < -0.4 is 0 Å². The van der Waals surface area contributed by atoms with Crippen molar-refractivity contribution in [1.29, 1.82) is 0 Å². The molecule has 2 unspecified atom stereocenters. The van der Waals surface area contributed by atoms with Crippen LogP contribution in [0.15, 0.2) is 24.3 Å². The van der Waals surface area contributed by atoms with E-state index in [0.717, 1.165) is 29.5 Å². The van der Waals surface area contributed by atoms with Crippen molar-refractivity contribution in [3.8, 4) is 17.0 Å². The molecule has 2 aromatic heterocycles. The van der Waals surface area contributed by atoms with E-state index in [1.807, 2.05) is 45.6 Å². The number of aromatic amines is 1. The molecule has 0 radical (unpaired) electrons. The highest BCUT2D eigenvalue weighted by atomic mass is 19.1. The highest BCUT2D eigenvalue weighted by molar-refractivity contribution is 5.86. The van der Waals surface area contributed by atoms with Crippen LogP contribution in [0.25, 0.3) is 22.3 Å². The molecule has 10 nitrogen and oxygen atoms in total. The molecular weight excluding hydrogens is 527 g/mol. The van der Waals surface area contributed by atoms with Gasteiger partial charge in [-0.05, 0) is 77.6 Å². The largest absolute Gasteiger partial charge is 0.504 e. The third-order valence-electron chi connectivity index (χ3n) is 8.52. The highest BCUT2D eigenvalue weighted by Crippen LogP contribution is 2.40. The molecule has 0 spiro atoms. The first-order chi connectivity index (χ1) is 19.3. The van der Waals surface area contributed by atoms with Crippen LogP contribution in [-0.2, 0) is 17.6 Å². The lowest BCUT2D eigenvalue weighted by molar-refractivity contribution is -0.00994. The van der Waals surface area contributed by atoms with E-state index in [-0.39, 0.29) is 29.8 Å². The number of phenolic OH excluding ortho intramolecular Hbond substituents is 1. The van der Waals surface area contributed by atoms with Gasteiger partial charge < -0.3 is 29.5 Å². The molecule has 2 N–H and O–H groups in total. The summed E-state index contributed by atoms with van der Waals surface area (Å²) in [4.78, 5) is 36.0. The van der Waals surface area contributed by atoms with Crippen molar-refractivity contribution in [3.05, 3.63) is 41.3 Å². The molecule has 3 aromatic rings. The molecule has 0 saturated carbocycles. The molecule has 6 rings (SSSR count). The number of amides is 3. The van der Waals surface area contributed by atoms with E-state index in [1.54, 1.807) is 11.0 Å². The van der Waals surface area contributed by atoms with E-state index in [4.69, 9.17) is 4.74 Å². The fraction of sp³-hybridized carbons (Fsp3) is 0.533.